The Kier molecular flexibility index (Phi) is 7.60. The highest BCUT2D eigenvalue weighted by Crippen LogP contribution is 2.29. The van der Waals surface area contributed by atoms with E-state index in [1.165, 1.54) is 21.6 Å². The first-order chi connectivity index (χ1) is 17.2. The zero-order valence-electron chi connectivity index (χ0n) is 19.8. The lowest BCUT2D eigenvalue weighted by Gasteiger charge is -2.27. The average Bonchev–Trinajstić information content (AvgIpc) is 3.04. The molecule has 10 nitrogen and oxygen atoms in total. The predicted octanol–water partition coefficient (Wildman–Crippen LogP) is 2.49. The fourth-order valence-electron chi connectivity index (χ4n) is 4.13. The van der Waals surface area contributed by atoms with Gasteiger partial charge in [0, 0.05) is 25.2 Å². The largest absolute Gasteiger partial charge is 0.501 e. The van der Waals surface area contributed by atoms with Crippen LogP contribution in [-0.4, -0.2) is 58.2 Å². The molecule has 2 aliphatic heterocycles. The molecule has 0 saturated carbocycles. The molecule has 2 unspecified atom stereocenters. The van der Waals surface area contributed by atoms with E-state index in [0.29, 0.717) is 18.4 Å². The van der Waals surface area contributed by atoms with Crippen molar-refractivity contribution in [1.29, 1.82) is 0 Å². The number of ether oxygens (including phenoxy) is 2. The number of amides is 2. The van der Waals surface area contributed by atoms with Crippen LogP contribution in [0.25, 0.3) is 0 Å². The molecule has 1 aromatic carbocycles. The third kappa shape index (κ3) is 4.93. The Bertz CT molecular complexity index is 1280. The molecule has 0 spiro atoms. The third-order valence-corrected chi connectivity index (χ3v) is 6.50. The number of benzene rings is 1. The number of rotatable bonds is 1. The maximum Gasteiger partial charge on any atom is 0.296 e. The Hall–Kier alpha value is -3.44. The molecule has 0 radical (unpaired) electrons. The van der Waals surface area contributed by atoms with Crippen LogP contribution in [0.15, 0.2) is 29.1 Å². The van der Waals surface area contributed by atoms with Crippen LogP contribution >= 0.6 is 11.6 Å². The van der Waals surface area contributed by atoms with Gasteiger partial charge in [-0.1, -0.05) is 24.6 Å². The highest BCUT2D eigenvalue weighted by molar-refractivity contribution is 6.30. The maximum absolute atomic E-state index is 14.1. The topological polar surface area (TPSA) is 123 Å². The Labute approximate surface area is 211 Å². The van der Waals surface area contributed by atoms with Gasteiger partial charge in [-0.05, 0) is 25.0 Å². The number of likely N-dealkylation sites (N-methyl/N-ethyl adjacent to an activating group) is 1. The SMILES string of the molecule is CCC1COCC2c3nc(c(O)c(=O)n31)C(=O)NCc1cc(Cl)c(F)cc1OCCC=CC(=O)N2C. The van der Waals surface area contributed by atoms with Gasteiger partial charge in [0.2, 0.25) is 11.7 Å². The Morgan fingerprint density at radius 3 is 2.81 bits per heavy atom. The number of fused-ring (bicyclic) bond motifs is 2. The van der Waals surface area contributed by atoms with Gasteiger partial charge in [-0.15, -0.1) is 0 Å². The highest BCUT2D eigenvalue weighted by atomic mass is 35.5. The molecule has 4 rings (SSSR count). The van der Waals surface area contributed by atoms with Gasteiger partial charge < -0.3 is 24.8 Å². The van der Waals surface area contributed by atoms with Gasteiger partial charge in [-0.25, -0.2) is 9.37 Å². The van der Waals surface area contributed by atoms with Gasteiger partial charge in [0.25, 0.3) is 11.5 Å². The molecule has 2 aliphatic rings. The molecule has 2 atom stereocenters. The molecule has 1 aromatic heterocycles. The molecule has 0 saturated heterocycles. The van der Waals surface area contributed by atoms with E-state index in [2.05, 4.69) is 10.3 Å². The minimum atomic E-state index is -0.836. The Morgan fingerprint density at radius 2 is 2.06 bits per heavy atom. The van der Waals surface area contributed by atoms with Crippen molar-refractivity contribution in [3.63, 3.8) is 0 Å². The summed E-state index contributed by atoms with van der Waals surface area (Å²) in [6, 6.07) is 1.20. The van der Waals surface area contributed by atoms with E-state index in [9.17, 15) is 23.9 Å². The summed E-state index contributed by atoms with van der Waals surface area (Å²) < 4.78 is 26.8. The van der Waals surface area contributed by atoms with Crippen molar-refractivity contribution >= 4 is 23.4 Å². The maximum atomic E-state index is 14.1. The van der Waals surface area contributed by atoms with Gasteiger partial charge in [0.05, 0.1) is 30.9 Å². The quantitative estimate of drug-likeness (QED) is 0.592. The van der Waals surface area contributed by atoms with E-state index in [1.807, 2.05) is 6.92 Å². The fourth-order valence-corrected chi connectivity index (χ4v) is 4.32. The van der Waals surface area contributed by atoms with Crippen LogP contribution in [0.2, 0.25) is 5.02 Å². The number of aromatic nitrogens is 2. The second-order valence-corrected chi connectivity index (χ2v) is 8.91. The predicted molar refractivity (Wildman–Crippen MR) is 128 cm³/mol. The number of hydrogen-bond acceptors (Lipinski definition) is 7. The number of aromatic hydroxyl groups is 1. The zero-order valence-corrected chi connectivity index (χ0v) is 20.5. The van der Waals surface area contributed by atoms with E-state index in [4.69, 9.17) is 21.1 Å². The first-order valence-electron chi connectivity index (χ1n) is 11.5. The first kappa shape index (κ1) is 25.6. The number of nitrogens with one attached hydrogen (secondary N) is 1. The second kappa shape index (κ2) is 10.7. The summed E-state index contributed by atoms with van der Waals surface area (Å²) in [5.41, 5.74) is -0.920. The van der Waals surface area contributed by atoms with Gasteiger partial charge in [-0.2, -0.15) is 0 Å². The molecule has 0 fully saturated rings. The van der Waals surface area contributed by atoms with E-state index in [-0.39, 0.29) is 48.9 Å². The Morgan fingerprint density at radius 1 is 1.28 bits per heavy atom. The van der Waals surface area contributed by atoms with Crippen molar-refractivity contribution in [2.75, 3.05) is 26.9 Å². The summed E-state index contributed by atoms with van der Waals surface area (Å²) in [5.74, 6) is -2.44. The van der Waals surface area contributed by atoms with E-state index in [1.54, 1.807) is 13.1 Å². The van der Waals surface area contributed by atoms with Crippen LogP contribution in [0.3, 0.4) is 0 Å². The van der Waals surface area contributed by atoms with E-state index < -0.39 is 40.8 Å². The zero-order chi connectivity index (χ0) is 26.0. The van der Waals surface area contributed by atoms with Crippen molar-refractivity contribution in [2.45, 2.75) is 38.4 Å². The van der Waals surface area contributed by atoms with Crippen LogP contribution < -0.4 is 15.6 Å². The number of hydrogen-bond donors (Lipinski definition) is 2. The van der Waals surface area contributed by atoms with Crippen molar-refractivity contribution in [3.8, 4) is 11.5 Å². The number of nitrogens with zero attached hydrogens (tertiary/aromatic N) is 3. The van der Waals surface area contributed by atoms with Gasteiger partial charge in [-0.3, -0.25) is 19.0 Å². The summed E-state index contributed by atoms with van der Waals surface area (Å²) in [6.07, 6.45) is 3.82. The van der Waals surface area contributed by atoms with Crippen LogP contribution in [0.5, 0.6) is 11.5 Å². The molecular weight excluding hydrogens is 495 g/mol. The van der Waals surface area contributed by atoms with Crippen molar-refractivity contribution in [1.82, 2.24) is 19.8 Å². The van der Waals surface area contributed by atoms with Gasteiger partial charge >= 0.3 is 0 Å². The molecule has 2 aromatic rings. The van der Waals surface area contributed by atoms with Crippen LogP contribution in [-0.2, 0) is 16.1 Å². The minimum absolute atomic E-state index is 0.0470. The lowest BCUT2D eigenvalue weighted by atomic mass is 10.1. The molecule has 12 heteroatoms. The first-order valence-corrected chi connectivity index (χ1v) is 11.9. The minimum Gasteiger partial charge on any atom is -0.501 e. The van der Waals surface area contributed by atoms with E-state index >= 15 is 0 Å². The Balaban J connectivity index is 1.84. The highest BCUT2D eigenvalue weighted by Gasteiger charge is 2.34. The summed E-state index contributed by atoms with van der Waals surface area (Å²) in [7, 11) is 1.54. The normalized spacial score (nSPS) is 20.8. The lowest BCUT2D eigenvalue weighted by molar-refractivity contribution is -0.128. The van der Waals surface area contributed by atoms with Crippen LogP contribution in [0.1, 0.15) is 53.7 Å². The number of halogens is 2. The monoisotopic (exact) mass is 520 g/mol. The third-order valence-electron chi connectivity index (χ3n) is 6.21. The van der Waals surface area contributed by atoms with Crippen molar-refractivity contribution < 1.29 is 28.6 Å². The average molecular weight is 521 g/mol. The second-order valence-electron chi connectivity index (χ2n) is 8.50. The van der Waals surface area contributed by atoms with Crippen molar-refractivity contribution in [2.24, 2.45) is 0 Å². The standard InChI is InChI=1S/C24H26ClFN4O6/c1-3-14-11-35-12-17-22-28-20(21(32)24(34)30(14)22)23(33)27-10-13-8-15(25)16(26)9-18(13)36-7-5-4-6-19(31)29(17)2/h4,6,8-9,14,17,32H,3,5,7,10-12H2,1-2H3,(H,27,33). The fraction of sp³-hybridized carbons (Fsp3) is 0.417. The van der Waals surface area contributed by atoms with Crippen LogP contribution in [0, 0.1) is 5.82 Å². The molecule has 2 amide bonds. The smallest absolute Gasteiger partial charge is 0.296 e. The summed E-state index contributed by atoms with van der Waals surface area (Å²) >= 11 is 5.92. The lowest BCUT2D eigenvalue weighted by Crippen LogP contribution is -2.39. The summed E-state index contributed by atoms with van der Waals surface area (Å²) in [5, 5.41) is 13.1. The molecule has 2 N–H and O–H groups in total. The van der Waals surface area contributed by atoms with E-state index in [0.717, 1.165) is 6.07 Å². The molecule has 3 heterocycles. The van der Waals surface area contributed by atoms with Crippen LogP contribution in [0.4, 0.5) is 4.39 Å². The molecular formula is C24H26ClFN4O6. The number of carbonyl (C=O) groups is 2. The van der Waals surface area contributed by atoms with Crippen molar-refractivity contribution in [3.05, 3.63) is 62.6 Å². The van der Waals surface area contributed by atoms with Gasteiger partial charge in [0.15, 0.2) is 5.69 Å². The van der Waals surface area contributed by atoms with Gasteiger partial charge in [0.1, 0.15) is 23.4 Å². The molecule has 2 bridgehead atoms. The summed E-state index contributed by atoms with van der Waals surface area (Å²) in [4.78, 5) is 44.9. The number of carbonyl (C=O) groups excluding carboxylic acids is 2. The summed E-state index contributed by atoms with van der Waals surface area (Å²) in [6.45, 7) is 2.08. The molecule has 36 heavy (non-hydrogen) atoms. The molecule has 192 valence electrons. The molecule has 0 aliphatic carbocycles.